The van der Waals surface area contributed by atoms with Crippen LogP contribution in [0.1, 0.15) is 18.4 Å². The van der Waals surface area contributed by atoms with Crippen molar-refractivity contribution in [2.45, 2.75) is 12.8 Å². The minimum atomic E-state index is -1.06. The summed E-state index contributed by atoms with van der Waals surface area (Å²) in [6, 6.07) is 9.44. The molecule has 21 heavy (non-hydrogen) atoms. The predicted octanol–water partition coefficient (Wildman–Crippen LogP) is 3.22. The van der Waals surface area contributed by atoms with Crippen LogP contribution in [0.3, 0.4) is 0 Å². The summed E-state index contributed by atoms with van der Waals surface area (Å²) in [5.41, 5.74) is 2.00. The molecule has 110 valence electrons. The van der Waals surface area contributed by atoms with Crippen molar-refractivity contribution in [3.05, 3.63) is 65.8 Å². The Kier molecular flexibility index (Phi) is 6.14. The van der Waals surface area contributed by atoms with Gasteiger partial charge < -0.3 is 9.84 Å². The molecule has 0 spiro atoms. The smallest absolute Gasteiger partial charge is 0.333 e. The van der Waals surface area contributed by atoms with Crippen LogP contribution in [0.4, 0.5) is 0 Å². The number of methoxy groups -OCH3 is 1. The number of carboxylic acid groups (broad SMARTS) is 1. The van der Waals surface area contributed by atoms with E-state index in [9.17, 15) is 9.59 Å². The third-order valence-electron chi connectivity index (χ3n) is 2.83. The van der Waals surface area contributed by atoms with Crippen LogP contribution >= 0.6 is 0 Å². The maximum atomic E-state index is 11.4. The van der Waals surface area contributed by atoms with Crippen molar-refractivity contribution in [3.8, 4) is 0 Å². The minimum absolute atomic E-state index is 0.0647. The van der Waals surface area contributed by atoms with E-state index < -0.39 is 11.9 Å². The molecule has 0 aromatic heterocycles. The lowest BCUT2D eigenvalue weighted by atomic mass is 9.97. The van der Waals surface area contributed by atoms with Gasteiger partial charge in [-0.25, -0.2) is 9.59 Å². The molecule has 0 aliphatic heterocycles. The Hall–Kier alpha value is -2.62. The fourth-order valence-electron chi connectivity index (χ4n) is 1.79. The lowest BCUT2D eigenvalue weighted by molar-refractivity contribution is -0.136. The Bertz CT molecular complexity index is 582. The van der Waals surface area contributed by atoms with Crippen molar-refractivity contribution in [1.29, 1.82) is 0 Å². The molecular weight excluding hydrogens is 268 g/mol. The molecule has 0 atom stereocenters. The topological polar surface area (TPSA) is 63.6 Å². The third kappa shape index (κ3) is 5.48. The van der Waals surface area contributed by atoms with Crippen molar-refractivity contribution in [2.24, 2.45) is 0 Å². The zero-order valence-electron chi connectivity index (χ0n) is 12.0. The Morgan fingerprint density at radius 2 is 1.71 bits per heavy atom. The van der Waals surface area contributed by atoms with Gasteiger partial charge in [-0.1, -0.05) is 55.1 Å². The molecule has 0 unspecified atom stereocenters. The number of esters is 1. The monoisotopic (exact) mass is 286 g/mol. The molecule has 0 saturated heterocycles. The lowest BCUT2D eigenvalue weighted by Crippen LogP contribution is -2.06. The average molecular weight is 286 g/mol. The van der Waals surface area contributed by atoms with E-state index in [0.29, 0.717) is 0 Å². The van der Waals surface area contributed by atoms with Gasteiger partial charge in [0.05, 0.1) is 7.11 Å². The van der Waals surface area contributed by atoms with Crippen LogP contribution in [0.25, 0.3) is 6.08 Å². The van der Waals surface area contributed by atoms with E-state index in [1.807, 2.05) is 36.4 Å². The van der Waals surface area contributed by atoms with Crippen LogP contribution in [0.2, 0.25) is 0 Å². The van der Waals surface area contributed by atoms with Crippen LogP contribution in [0.15, 0.2) is 60.2 Å². The van der Waals surface area contributed by atoms with E-state index in [4.69, 9.17) is 5.11 Å². The summed E-state index contributed by atoms with van der Waals surface area (Å²) < 4.78 is 4.61. The van der Waals surface area contributed by atoms with Gasteiger partial charge in [0.1, 0.15) is 0 Å². The number of ether oxygens (including phenoxy) is 1. The number of carbonyl (C=O) groups excluding carboxylic acids is 1. The molecule has 1 rings (SSSR count). The Labute approximate surface area is 124 Å². The molecule has 0 bridgehead atoms. The SMILES string of the molecule is C=C(CC(=Cc1ccccc1)CC(=C)C(=O)OC)C(=O)O. The molecule has 0 aliphatic rings. The van der Waals surface area contributed by atoms with Gasteiger partial charge in [0, 0.05) is 24.0 Å². The van der Waals surface area contributed by atoms with E-state index in [1.165, 1.54) is 7.11 Å². The number of aliphatic carboxylic acids is 1. The molecule has 0 saturated carbocycles. The number of hydrogen-bond donors (Lipinski definition) is 1. The van der Waals surface area contributed by atoms with Gasteiger partial charge in [-0.2, -0.15) is 0 Å². The molecule has 0 amide bonds. The highest BCUT2D eigenvalue weighted by Gasteiger charge is 2.13. The second-order valence-corrected chi connectivity index (χ2v) is 4.57. The number of allylic oxidation sites excluding steroid dienone is 1. The highest BCUT2D eigenvalue weighted by Crippen LogP contribution is 2.21. The van der Waals surface area contributed by atoms with Crippen molar-refractivity contribution < 1.29 is 19.4 Å². The third-order valence-corrected chi connectivity index (χ3v) is 2.83. The number of benzene rings is 1. The highest BCUT2D eigenvalue weighted by molar-refractivity contribution is 5.89. The summed E-state index contributed by atoms with van der Waals surface area (Å²) in [4.78, 5) is 22.4. The Morgan fingerprint density at radius 3 is 2.24 bits per heavy atom. The molecule has 4 heteroatoms. The van der Waals surface area contributed by atoms with E-state index >= 15 is 0 Å². The lowest BCUT2D eigenvalue weighted by Gasteiger charge is -2.09. The van der Waals surface area contributed by atoms with E-state index in [-0.39, 0.29) is 24.0 Å². The Morgan fingerprint density at radius 1 is 1.14 bits per heavy atom. The van der Waals surface area contributed by atoms with Gasteiger partial charge in [-0.3, -0.25) is 0 Å². The first-order valence-electron chi connectivity index (χ1n) is 6.35. The van der Waals surface area contributed by atoms with Crippen LogP contribution < -0.4 is 0 Å². The first-order valence-corrected chi connectivity index (χ1v) is 6.35. The second-order valence-electron chi connectivity index (χ2n) is 4.57. The zero-order chi connectivity index (χ0) is 15.8. The molecule has 0 radical (unpaired) electrons. The summed E-state index contributed by atoms with van der Waals surface area (Å²) in [5.74, 6) is -1.56. The standard InChI is InChI=1S/C17H18O4/c1-12(16(18)19)9-15(10-13(2)17(20)21-3)11-14-7-5-4-6-8-14/h4-8,11H,1-2,9-10H2,3H3,(H,18,19). The summed E-state index contributed by atoms with van der Waals surface area (Å²) in [6.07, 6.45) is 2.25. The van der Waals surface area contributed by atoms with Crippen molar-refractivity contribution in [2.75, 3.05) is 7.11 Å². The Balaban J connectivity index is 2.97. The highest BCUT2D eigenvalue weighted by atomic mass is 16.5. The molecule has 0 heterocycles. The molecule has 4 nitrogen and oxygen atoms in total. The van der Waals surface area contributed by atoms with Crippen LogP contribution in [-0.2, 0) is 14.3 Å². The molecule has 1 aromatic rings. The molecule has 1 aromatic carbocycles. The maximum absolute atomic E-state index is 11.4. The summed E-state index contributed by atoms with van der Waals surface area (Å²) in [6.45, 7) is 7.19. The van der Waals surface area contributed by atoms with Gasteiger partial charge in [0.25, 0.3) is 0 Å². The quantitative estimate of drug-likeness (QED) is 0.617. The largest absolute Gasteiger partial charge is 0.478 e. The molecular formula is C17H18O4. The van der Waals surface area contributed by atoms with Gasteiger partial charge in [-0.05, 0) is 5.56 Å². The zero-order valence-corrected chi connectivity index (χ0v) is 12.0. The number of carboxylic acids is 1. The second kappa shape index (κ2) is 7.85. The van der Waals surface area contributed by atoms with Crippen LogP contribution in [0, 0.1) is 0 Å². The van der Waals surface area contributed by atoms with Gasteiger partial charge >= 0.3 is 11.9 Å². The van der Waals surface area contributed by atoms with Crippen LogP contribution in [0.5, 0.6) is 0 Å². The summed E-state index contributed by atoms with van der Waals surface area (Å²) in [5, 5.41) is 8.95. The maximum Gasteiger partial charge on any atom is 0.333 e. The van der Waals surface area contributed by atoms with E-state index in [1.54, 1.807) is 0 Å². The first-order chi connectivity index (χ1) is 9.93. The van der Waals surface area contributed by atoms with Crippen molar-refractivity contribution in [1.82, 2.24) is 0 Å². The van der Waals surface area contributed by atoms with Gasteiger partial charge in [0.2, 0.25) is 0 Å². The molecule has 0 fully saturated rings. The predicted molar refractivity (Wildman–Crippen MR) is 81.6 cm³/mol. The van der Waals surface area contributed by atoms with Crippen molar-refractivity contribution in [3.63, 3.8) is 0 Å². The van der Waals surface area contributed by atoms with Gasteiger partial charge in [0.15, 0.2) is 0 Å². The summed E-state index contributed by atoms with van der Waals surface area (Å²) >= 11 is 0. The van der Waals surface area contributed by atoms with E-state index in [2.05, 4.69) is 17.9 Å². The van der Waals surface area contributed by atoms with Gasteiger partial charge in [-0.15, -0.1) is 0 Å². The fourth-order valence-corrected chi connectivity index (χ4v) is 1.79. The number of rotatable bonds is 7. The number of carbonyl (C=O) groups is 2. The normalized spacial score (nSPS) is 10.8. The first kappa shape index (κ1) is 16.4. The average Bonchev–Trinajstić information content (AvgIpc) is 2.47. The molecule has 1 N–H and O–H groups in total. The van der Waals surface area contributed by atoms with Crippen LogP contribution in [-0.4, -0.2) is 24.2 Å². The molecule has 0 aliphatic carbocycles. The minimum Gasteiger partial charge on any atom is -0.478 e. The fraction of sp³-hybridized carbons (Fsp3) is 0.176. The summed E-state index contributed by atoms with van der Waals surface area (Å²) in [7, 11) is 1.28. The van der Waals surface area contributed by atoms with Crippen molar-refractivity contribution >= 4 is 18.0 Å². The number of hydrogen-bond acceptors (Lipinski definition) is 3. The van der Waals surface area contributed by atoms with E-state index in [0.717, 1.165) is 11.1 Å².